The van der Waals surface area contributed by atoms with Crippen molar-refractivity contribution in [3.63, 3.8) is 0 Å². The normalized spacial score (nSPS) is 25.2. The van der Waals surface area contributed by atoms with Crippen LogP contribution < -0.4 is 24.3 Å². The fourth-order valence-corrected chi connectivity index (χ4v) is 8.97. The van der Waals surface area contributed by atoms with Gasteiger partial charge in [-0.3, -0.25) is 0 Å². The maximum Gasteiger partial charge on any atom is 0.318 e. The van der Waals surface area contributed by atoms with Crippen LogP contribution in [-0.4, -0.2) is 85.6 Å². The number of carbonyl (C=O) groups is 1. The summed E-state index contributed by atoms with van der Waals surface area (Å²) in [5, 5.41) is 27.4. The van der Waals surface area contributed by atoms with Gasteiger partial charge in [0.2, 0.25) is 12.6 Å². The molecule has 6 rings (SSSR count). The number of aliphatic hydroxyl groups is 2. The van der Waals surface area contributed by atoms with Gasteiger partial charge in [-0.1, -0.05) is 55.8 Å². The molecular weight excluding hydrogens is 702 g/mol. The zero-order valence-corrected chi connectivity index (χ0v) is 32.3. The zero-order chi connectivity index (χ0) is 38.8. The standard InChI is InChI=1S/C43H57N3O9/c1-5-18-46(42(49)44-27-29-14-16-37-38(23-29)53-28-52-37)39-26-35(45-50-4)33-24-30(12-8-10-19-47)32(13-9-11-20-48)40-34-25-31(51-21-6-2)15-17-36(34)55-43(39,41(33)40)54-22-7-3/h6-7,14-17,23-25,30,32,39-41,47-48H,2-3,5,8-13,18-22,26-28H2,1,4H3,(H,44,49). The summed E-state index contributed by atoms with van der Waals surface area (Å²) < 4.78 is 31.4. The zero-order valence-electron chi connectivity index (χ0n) is 32.3. The van der Waals surface area contributed by atoms with Gasteiger partial charge >= 0.3 is 6.03 Å². The summed E-state index contributed by atoms with van der Waals surface area (Å²) in [7, 11) is 1.55. The molecule has 6 atom stereocenters. The SMILES string of the molecule is C=CCOc1ccc2c(c1)C1C(CCCCO)C(CCCCO)C=C3C(=NOC)CC(N(CCC)C(=O)NCc4ccc5c(c4)OCO5)C(OCC=C)(O2)C31. The molecule has 298 valence electrons. The van der Waals surface area contributed by atoms with Crippen LogP contribution in [-0.2, 0) is 16.1 Å². The van der Waals surface area contributed by atoms with Gasteiger partial charge in [-0.15, -0.1) is 6.58 Å². The number of carbonyl (C=O) groups excluding carboxylic acids is 1. The number of hydrogen-bond acceptors (Lipinski definition) is 10. The highest BCUT2D eigenvalue weighted by molar-refractivity contribution is 6.03. The number of aliphatic hydroxyl groups excluding tert-OH is 2. The Morgan fingerprint density at radius 3 is 2.53 bits per heavy atom. The number of oxime groups is 1. The summed E-state index contributed by atoms with van der Waals surface area (Å²) >= 11 is 0. The summed E-state index contributed by atoms with van der Waals surface area (Å²) in [5.41, 5.74) is 3.62. The first kappa shape index (κ1) is 40.2. The third kappa shape index (κ3) is 8.51. The monoisotopic (exact) mass is 759 g/mol. The minimum Gasteiger partial charge on any atom is -0.490 e. The maximum absolute atomic E-state index is 14.5. The maximum atomic E-state index is 14.5. The molecular formula is C43H57N3O9. The molecule has 4 aliphatic rings. The van der Waals surface area contributed by atoms with Gasteiger partial charge in [0, 0.05) is 44.2 Å². The minimum atomic E-state index is -1.33. The molecule has 0 saturated heterocycles. The quantitative estimate of drug-likeness (QED) is 0.0750. The number of fused-ring (bicyclic) bond motifs is 3. The lowest BCUT2D eigenvalue weighted by Gasteiger charge is -2.60. The van der Waals surface area contributed by atoms with Gasteiger partial charge in [0.15, 0.2) is 11.5 Å². The lowest BCUT2D eigenvalue weighted by atomic mass is 9.55. The van der Waals surface area contributed by atoms with Crippen molar-refractivity contribution in [1.82, 2.24) is 10.2 Å². The van der Waals surface area contributed by atoms with Crippen molar-refractivity contribution >= 4 is 11.7 Å². The molecule has 1 saturated carbocycles. The second kappa shape index (κ2) is 18.9. The van der Waals surface area contributed by atoms with E-state index >= 15 is 0 Å². The molecule has 55 heavy (non-hydrogen) atoms. The van der Waals surface area contributed by atoms with Crippen molar-refractivity contribution in [3.8, 4) is 23.0 Å². The molecule has 12 heteroatoms. The Hall–Kier alpha value is -4.52. The van der Waals surface area contributed by atoms with Crippen molar-refractivity contribution < 1.29 is 43.5 Å². The molecule has 0 radical (unpaired) electrons. The lowest BCUT2D eigenvalue weighted by Crippen LogP contribution is -2.70. The molecule has 2 heterocycles. The predicted octanol–water partition coefficient (Wildman–Crippen LogP) is 6.87. The van der Waals surface area contributed by atoms with Crippen LogP contribution in [0, 0.1) is 17.8 Å². The Labute approximate surface area is 324 Å². The van der Waals surface area contributed by atoms with E-state index < -0.39 is 17.7 Å². The van der Waals surface area contributed by atoms with Crippen LogP contribution in [0.2, 0.25) is 0 Å². The summed E-state index contributed by atoms with van der Waals surface area (Å²) in [5.74, 6) is 1.11. The van der Waals surface area contributed by atoms with Gasteiger partial charge in [0.1, 0.15) is 31.3 Å². The van der Waals surface area contributed by atoms with Crippen LogP contribution >= 0.6 is 0 Å². The van der Waals surface area contributed by atoms with E-state index in [0.29, 0.717) is 61.8 Å². The van der Waals surface area contributed by atoms with Crippen LogP contribution in [0.5, 0.6) is 23.0 Å². The first-order valence-electron chi connectivity index (χ1n) is 19.7. The number of amides is 2. The summed E-state index contributed by atoms with van der Waals surface area (Å²) in [6.07, 6.45) is 11.6. The van der Waals surface area contributed by atoms with E-state index in [1.54, 1.807) is 19.3 Å². The van der Waals surface area contributed by atoms with Gasteiger partial charge in [-0.25, -0.2) is 4.79 Å². The minimum absolute atomic E-state index is 0.114. The largest absolute Gasteiger partial charge is 0.490 e. The van der Waals surface area contributed by atoms with Crippen molar-refractivity contribution in [2.24, 2.45) is 22.9 Å². The number of unbranched alkanes of at least 4 members (excludes halogenated alkanes) is 2. The van der Waals surface area contributed by atoms with Crippen LogP contribution in [0.25, 0.3) is 0 Å². The Kier molecular flexibility index (Phi) is 13.8. The van der Waals surface area contributed by atoms with Crippen LogP contribution in [0.4, 0.5) is 4.79 Å². The Morgan fingerprint density at radius 2 is 1.78 bits per heavy atom. The highest BCUT2D eigenvalue weighted by Crippen LogP contribution is 2.62. The molecule has 0 spiro atoms. The second-order valence-electron chi connectivity index (χ2n) is 14.6. The molecule has 6 unspecified atom stereocenters. The van der Waals surface area contributed by atoms with E-state index in [-0.39, 0.29) is 56.9 Å². The van der Waals surface area contributed by atoms with Crippen LogP contribution in [0.1, 0.15) is 75.3 Å². The molecule has 3 N–H and O–H groups in total. The highest BCUT2D eigenvalue weighted by Gasteiger charge is 2.65. The average Bonchev–Trinajstić information content (AvgIpc) is 3.67. The van der Waals surface area contributed by atoms with Crippen molar-refractivity contribution in [1.29, 1.82) is 0 Å². The Morgan fingerprint density at radius 1 is 1.02 bits per heavy atom. The molecule has 2 aromatic carbocycles. The summed E-state index contributed by atoms with van der Waals surface area (Å²) in [4.78, 5) is 21.9. The van der Waals surface area contributed by atoms with Crippen LogP contribution in [0.15, 0.2) is 78.5 Å². The fourth-order valence-electron chi connectivity index (χ4n) is 8.97. The molecule has 2 aliphatic heterocycles. The van der Waals surface area contributed by atoms with Gasteiger partial charge in [0.05, 0.1) is 18.2 Å². The fraction of sp³-hybridized carbons (Fsp3) is 0.535. The molecule has 1 fully saturated rings. The van der Waals surface area contributed by atoms with E-state index in [0.717, 1.165) is 48.1 Å². The second-order valence-corrected chi connectivity index (χ2v) is 14.6. The first-order valence-corrected chi connectivity index (χ1v) is 19.7. The van der Waals surface area contributed by atoms with Gasteiger partial charge < -0.3 is 49.0 Å². The molecule has 2 aliphatic carbocycles. The number of hydrogen-bond donors (Lipinski definition) is 3. The smallest absolute Gasteiger partial charge is 0.318 e. The highest BCUT2D eigenvalue weighted by atomic mass is 16.7. The van der Waals surface area contributed by atoms with Gasteiger partial charge in [0.25, 0.3) is 0 Å². The number of urea groups is 1. The number of nitrogens with zero attached hydrogens (tertiary/aromatic N) is 2. The van der Waals surface area contributed by atoms with Crippen molar-refractivity contribution in [2.75, 3.05) is 46.9 Å². The van der Waals surface area contributed by atoms with Gasteiger partial charge in [-0.05, 0) is 85.4 Å². The Bertz CT molecular complexity index is 1710. The van der Waals surface area contributed by atoms with E-state index in [4.69, 9.17) is 28.5 Å². The molecule has 2 amide bonds. The van der Waals surface area contributed by atoms with Crippen LogP contribution in [0.3, 0.4) is 0 Å². The average molecular weight is 760 g/mol. The summed E-state index contributed by atoms with van der Waals surface area (Å²) in [6.45, 7) is 11.6. The van der Waals surface area contributed by atoms with E-state index in [1.165, 1.54) is 0 Å². The van der Waals surface area contributed by atoms with Gasteiger partial charge in [-0.2, -0.15) is 0 Å². The number of nitrogens with one attached hydrogen (secondary N) is 1. The third-order valence-electron chi connectivity index (χ3n) is 11.2. The molecule has 12 nitrogen and oxygen atoms in total. The third-order valence-corrected chi connectivity index (χ3v) is 11.2. The molecule has 2 aromatic rings. The summed E-state index contributed by atoms with van der Waals surface area (Å²) in [6, 6.07) is 10.7. The lowest BCUT2D eigenvalue weighted by molar-refractivity contribution is -0.254. The van der Waals surface area contributed by atoms with E-state index in [1.807, 2.05) is 42.2 Å². The molecule has 0 aromatic heterocycles. The topological polar surface area (TPSA) is 141 Å². The number of ether oxygens (including phenoxy) is 5. The van der Waals surface area contributed by atoms with Crippen molar-refractivity contribution in [2.45, 2.75) is 82.6 Å². The molecule has 0 bridgehead atoms. The van der Waals surface area contributed by atoms with E-state index in [2.05, 4.69) is 35.8 Å². The van der Waals surface area contributed by atoms with E-state index in [9.17, 15) is 15.0 Å². The first-order chi connectivity index (χ1) is 26.9. The predicted molar refractivity (Wildman–Crippen MR) is 209 cm³/mol. The Balaban J connectivity index is 1.49. The van der Waals surface area contributed by atoms with Crippen molar-refractivity contribution in [3.05, 3.63) is 84.5 Å². The number of benzene rings is 2. The number of allylic oxidation sites excluding steroid dienone is 1. The number of rotatable bonds is 20.